The van der Waals surface area contributed by atoms with Gasteiger partial charge in [-0.25, -0.2) is 0 Å². The summed E-state index contributed by atoms with van der Waals surface area (Å²) in [4.78, 5) is 16.7. The highest BCUT2D eigenvalue weighted by atomic mass is 16.1. The van der Waals surface area contributed by atoms with Crippen molar-refractivity contribution >= 4 is 5.78 Å². The minimum atomic E-state index is 0.202. The molecule has 1 heterocycles. The zero-order chi connectivity index (χ0) is 13.7. The van der Waals surface area contributed by atoms with E-state index in [1.807, 2.05) is 24.4 Å². The standard InChI is InChI=1S/C17H25NO/c1-3-8-17(9-4-2)12-14(16(19)13-17)11-15-7-5-6-10-18-15/h5-7,10,14H,3-4,8-9,11-13H2,1-2H3. The van der Waals surface area contributed by atoms with Gasteiger partial charge in [0.15, 0.2) is 0 Å². The number of carbonyl (C=O) groups is 1. The number of rotatable bonds is 6. The molecule has 1 atom stereocenters. The molecule has 1 aliphatic carbocycles. The maximum Gasteiger partial charge on any atom is 0.136 e. The van der Waals surface area contributed by atoms with Gasteiger partial charge in [0.2, 0.25) is 0 Å². The van der Waals surface area contributed by atoms with Gasteiger partial charge in [-0.1, -0.05) is 32.8 Å². The van der Waals surface area contributed by atoms with Crippen LogP contribution in [0.2, 0.25) is 0 Å². The van der Waals surface area contributed by atoms with Crippen molar-refractivity contribution in [2.75, 3.05) is 0 Å². The summed E-state index contributed by atoms with van der Waals surface area (Å²) in [5.41, 5.74) is 1.35. The number of carbonyl (C=O) groups excluding carboxylic acids is 1. The minimum Gasteiger partial charge on any atom is -0.299 e. The van der Waals surface area contributed by atoms with E-state index in [0.717, 1.165) is 25.0 Å². The summed E-state index contributed by atoms with van der Waals surface area (Å²) in [5.74, 6) is 0.667. The van der Waals surface area contributed by atoms with Crippen molar-refractivity contribution in [3.05, 3.63) is 30.1 Å². The van der Waals surface area contributed by atoms with E-state index in [-0.39, 0.29) is 5.92 Å². The second-order valence-corrected chi connectivity index (χ2v) is 6.07. The third kappa shape index (κ3) is 3.43. The molecule has 1 fully saturated rings. The minimum absolute atomic E-state index is 0.202. The van der Waals surface area contributed by atoms with Crippen LogP contribution < -0.4 is 0 Å². The van der Waals surface area contributed by atoms with E-state index in [1.54, 1.807) is 0 Å². The predicted molar refractivity (Wildman–Crippen MR) is 77.9 cm³/mol. The van der Waals surface area contributed by atoms with E-state index in [0.29, 0.717) is 11.2 Å². The summed E-state index contributed by atoms with van der Waals surface area (Å²) in [6.45, 7) is 4.46. The lowest BCUT2D eigenvalue weighted by Gasteiger charge is -2.27. The second kappa shape index (κ2) is 6.31. The van der Waals surface area contributed by atoms with E-state index < -0.39 is 0 Å². The molecule has 2 nitrogen and oxygen atoms in total. The highest BCUT2D eigenvalue weighted by Crippen LogP contribution is 2.47. The molecular formula is C17H25NO. The molecule has 0 spiro atoms. The summed E-state index contributed by atoms with van der Waals surface area (Å²) in [7, 11) is 0. The fourth-order valence-electron chi connectivity index (χ4n) is 3.75. The Morgan fingerprint density at radius 2 is 2.00 bits per heavy atom. The van der Waals surface area contributed by atoms with Crippen LogP contribution >= 0.6 is 0 Å². The van der Waals surface area contributed by atoms with Crippen molar-refractivity contribution in [2.45, 2.75) is 58.8 Å². The van der Waals surface area contributed by atoms with Gasteiger partial charge >= 0.3 is 0 Å². The van der Waals surface area contributed by atoms with Gasteiger partial charge in [-0.15, -0.1) is 0 Å². The molecule has 2 rings (SSSR count). The molecule has 0 bridgehead atoms. The molecule has 0 aromatic carbocycles. The molecule has 1 unspecified atom stereocenters. The van der Waals surface area contributed by atoms with Gasteiger partial charge in [0, 0.05) is 24.2 Å². The highest BCUT2D eigenvalue weighted by Gasteiger charge is 2.42. The van der Waals surface area contributed by atoms with E-state index in [9.17, 15) is 4.79 Å². The normalized spacial score (nSPS) is 21.8. The zero-order valence-corrected chi connectivity index (χ0v) is 12.2. The van der Waals surface area contributed by atoms with Crippen molar-refractivity contribution in [3.63, 3.8) is 0 Å². The summed E-state index contributed by atoms with van der Waals surface area (Å²) < 4.78 is 0. The molecule has 0 N–H and O–H groups in total. The summed E-state index contributed by atoms with van der Waals surface area (Å²) in [5, 5.41) is 0. The van der Waals surface area contributed by atoms with E-state index in [1.165, 1.54) is 25.7 Å². The van der Waals surface area contributed by atoms with Crippen LogP contribution in [0, 0.1) is 11.3 Å². The highest BCUT2D eigenvalue weighted by molar-refractivity contribution is 5.84. The van der Waals surface area contributed by atoms with E-state index in [2.05, 4.69) is 18.8 Å². The van der Waals surface area contributed by atoms with E-state index >= 15 is 0 Å². The van der Waals surface area contributed by atoms with Gasteiger partial charge in [-0.2, -0.15) is 0 Å². The Balaban J connectivity index is 2.05. The monoisotopic (exact) mass is 259 g/mol. The molecule has 0 radical (unpaired) electrons. The molecule has 1 saturated carbocycles. The molecule has 104 valence electrons. The molecule has 0 aliphatic heterocycles. The van der Waals surface area contributed by atoms with Crippen molar-refractivity contribution in [1.29, 1.82) is 0 Å². The van der Waals surface area contributed by atoms with E-state index in [4.69, 9.17) is 0 Å². The number of pyridine rings is 1. The van der Waals surface area contributed by atoms with Gasteiger partial charge in [-0.3, -0.25) is 9.78 Å². The number of hydrogen-bond donors (Lipinski definition) is 0. The Morgan fingerprint density at radius 3 is 2.58 bits per heavy atom. The third-order valence-corrected chi connectivity index (χ3v) is 4.43. The molecule has 1 aromatic heterocycles. The van der Waals surface area contributed by atoms with Gasteiger partial charge in [0.25, 0.3) is 0 Å². The Kier molecular flexibility index (Phi) is 4.73. The predicted octanol–water partition coefficient (Wildman–Crippen LogP) is 4.19. The summed E-state index contributed by atoms with van der Waals surface area (Å²) in [6.07, 6.45) is 9.29. The Bertz CT molecular complexity index is 407. The number of Topliss-reactive ketones (excluding diaryl/α,β-unsaturated/α-hetero) is 1. The number of nitrogens with zero attached hydrogens (tertiary/aromatic N) is 1. The SMILES string of the molecule is CCCC1(CCC)CC(=O)C(Cc2ccccn2)C1. The Morgan fingerprint density at radius 1 is 1.26 bits per heavy atom. The van der Waals surface area contributed by atoms with Crippen LogP contribution in [0.15, 0.2) is 24.4 Å². The van der Waals surface area contributed by atoms with Crippen molar-refractivity contribution in [3.8, 4) is 0 Å². The van der Waals surface area contributed by atoms with Gasteiger partial charge in [0.05, 0.1) is 0 Å². The quantitative estimate of drug-likeness (QED) is 0.766. The van der Waals surface area contributed by atoms with Crippen molar-refractivity contribution < 1.29 is 4.79 Å². The summed E-state index contributed by atoms with van der Waals surface area (Å²) in [6, 6.07) is 5.97. The fourth-order valence-corrected chi connectivity index (χ4v) is 3.75. The Labute approximate surface area is 116 Å². The lowest BCUT2D eigenvalue weighted by molar-refractivity contribution is -0.121. The topological polar surface area (TPSA) is 30.0 Å². The van der Waals surface area contributed by atoms with Gasteiger partial charge < -0.3 is 0 Å². The lowest BCUT2D eigenvalue weighted by atomic mass is 9.77. The van der Waals surface area contributed by atoms with Crippen LogP contribution in [0.5, 0.6) is 0 Å². The van der Waals surface area contributed by atoms with Crippen LogP contribution in [-0.2, 0) is 11.2 Å². The molecule has 0 saturated heterocycles. The van der Waals surface area contributed by atoms with Crippen LogP contribution in [0.1, 0.15) is 58.1 Å². The average Bonchev–Trinajstić information content (AvgIpc) is 2.68. The van der Waals surface area contributed by atoms with Crippen molar-refractivity contribution in [1.82, 2.24) is 4.98 Å². The van der Waals surface area contributed by atoms with Crippen LogP contribution in [-0.4, -0.2) is 10.8 Å². The molecule has 1 aliphatic rings. The summed E-state index contributed by atoms with van der Waals surface area (Å²) >= 11 is 0. The first-order valence-corrected chi connectivity index (χ1v) is 7.62. The molecular weight excluding hydrogens is 234 g/mol. The first-order valence-electron chi connectivity index (χ1n) is 7.62. The Hall–Kier alpha value is -1.18. The number of ketones is 1. The average molecular weight is 259 g/mol. The van der Waals surface area contributed by atoms with Gasteiger partial charge in [0.1, 0.15) is 5.78 Å². The van der Waals surface area contributed by atoms with Crippen LogP contribution in [0.4, 0.5) is 0 Å². The third-order valence-electron chi connectivity index (χ3n) is 4.43. The first kappa shape index (κ1) is 14.2. The maximum absolute atomic E-state index is 12.3. The fraction of sp³-hybridized carbons (Fsp3) is 0.647. The van der Waals surface area contributed by atoms with Gasteiger partial charge in [-0.05, 0) is 43.2 Å². The molecule has 19 heavy (non-hydrogen) atoms. The van der Waals surface area contributed by atoms with Crippen molar-refractivity contribution in [2.24, 2.45) is 11.3 Å². The number of hydrogen-bond acceptors (Lipinski definition) is 2. The number of aromatic nitrogens is 1. The molecule has 0 amide bonds. The largest absolute Gasteiger partial charge is 0.299 e. The first-order chi connectivity index (χ1) is 9.19. The molecule has 2 heteroatoms. The van der Waals surface area contributed by atoms with Crippen LogP contribution in [0.25, 0.3) is 0 Å². The lowest BCUT2D eigenvalue weighted by Crippen LogP contribution is -2.17. The smallest absolute Gasteiger partial charge is 0.136 e. The van der Waals surface area contributed by atoms with Crippen LogP contribution in [0.3, 0.4) is 0 Å². The second-order valence-electron chi connectivity index (χ2n) is 6.07. The molecule has 1 aromatic rings. The zero-order valence-electron chi connectivity index (χ0n) is 12.2. The maximum atomic E-state index is 12.3.